The number of hydrogen-bond acceptors (Lipinski definition) is 2. The summed E-state index contributed by atoms with van der Waals surface area (Å²) in [5.41, 5.74) is 5.37. The standard InChI is InChI=1S/C18H19ClN2O/c1-4-13-5-6-15-16(9-13)21-17(20-15)10-22-14-7-11(2)18(19)12(3)8-14/h5-9H,4,10H2,1-3H3,(H,20,21). The molecule has 0 unspecified atom stereocenters. The van der Waals surface area contributed by atoms with Gasteiger partial charge >= 0.3 is 0 Å². The van der Waals surface area contributed by atoms with Crippen molar-refractivity contribution >= 4 is 22.6 Å². The van der Waals surface area contributed by atoms with Crippen LogP contribution in [0.1, 0.15) is 29.4 Å². The number of hydrogen-bond donors (Lipinski definition) is 1. The normalized spacial score (nSPS) is 11.1. The fourth-order valence-electron chi connectivity index (χ4n) is 2.54. The van der Waals surface area contributed by atoms with Crippen LogP contribution in [0.4, 0.5) is 0 Å². The zero-order chi connectivity index (χ0) is 15.7. The number of nitrogens with one attached hydrogen (secondary N) is 1. The molecule has 3 aromatic rings. The number of ether oxygens (including phenoxy) is 1. The summed E-state index contributed by atoms with van der Waals surface area (Å²) in [6.45, 7) is 6.52. The van der Waals surface area contributed by atoms with Gasteiger partial charge in [-0.1, -0.05) is 24.6 Å². The molecule has 22 heavy (non-hydrogen) atoms. The Labute approximate surface area is 135 Å². The van der Waals surface area contributed by atoms with Crippen molar-refractivity contribution in [3.05, 3.63) is 57.9 Å². The van der Waals surface area contributed by atoms with E-state index in [0.29, 0.717) is 6.61 Å². The second-order valence-corrected chi connectivity index (χ2v) is 5.93. The van der Waals surface area contributed by atoms with Gasteiger partial charge in [0.05, 0.1) is 11.0 Å². The quantitative estimate of drug-likeness (QED) is 0.738. The van der Waals surface area contributed by atoms with Crippen LogP contribution in [0, 0.1) is 13.8 Å². The molecule has 2 aromatic carbocycles. The molecule has 0 aliphatic heterocycles. The Balaban J connectivity index is 1.79. The second kappa shape index (κ2) is 6.01. The monoisotopic (exact) mass is 314 g/mol. The Hall–Kier alpha value is -2.00. The molecule has 0 radical (unpaired) electrons. The molecule has 0 saturated heterocycles. The minimum atomic E-state index is 0.413. The van der Waals surface area contributed by atoms with Crippen LogP contribution >= 0.6 is 11.6 Å². The van der Waals surface area contributed by atoms with E-state index in [1.165, 1.54) is 5.56 Å². The van der Waals surface area contributed by atoms with Crippen molar-refractivity contribution < 1.29 is 4.74 Å². The molecule has 0 atom stereocenters. The Morgan fingerprint density at radius 2 is 1.86 bits per heavy atom. The van der Waals surface area contributed by atoms with Crippen molar-refractivity contribution in [2.75, 3.05) is 0 Å². The zero-order valence-corrected chi connectivity index (χ0v) is 13.8. The molecule has 1 aromatic heterocycles. The molecular weight excluding hydrogens is 296 g/mol. The first-order valence-corrected chi connectivity index (χ1v) is 7.81. The average Bonchev–Trinajstić information content (AvgIpc) is 2.92. The molecule has 0 aliphatic rings. The Morgan fingerprint density at radius 1 is 1.14 bits per heavy atom. The maximum Gasteiger partial charge on any atom is 0.146 e. The van der Waals surface area contributed by atoms with Crippen molar-refractivity contribution in [3.8, 4) is 5.75 Å². The summed E-state index contributed by atoms with van der Waals surface area (Å²) in [7, 11) is 0. The number of halogens is 1. The van der Waals surface area contributed by atoms with Crippen molar-refractivity contribution in [3.63, 3.8) is 0 Å². The van der Waals surface area contributed by atoms with Crippen LogP contribution in [0.5, 0.6) is 5.75 Å². The number of aromatic amines is 1. The third-order valence-corrected chi connectivity index (χ3v) is 4.39. The van der Waals surface area contributed by atoms with Gasteiger partial charge in [0.2, 0.25) is 0 Å². The van der Waals surface area contributed by atoms with Gasteiger partial charge in [-0.15, -0.1) is 0 Å². The number of benzene rings is 2. The highest BCUT2D eigenvalue weighted by atomic mass is 35.5. The molecule has 0 fully saturated rings. The van der Waals surface area contributed by atoms with Crippen LogP contribution in [0.3, 0.4) is 0 Å². The summed E-state index contributed by atoms with van der Waals surface area (Å²) in [5.74, 6) is 1.64. The van der Waals surface area contributed by atoms with Crippen LogP contribution in [-0.4, -0.2) is 9.97 Å². The van der Waals surface area contributed by atoms with Crippen LogP contribution in [0.2, 0.25) is 5.02 Å². The number of aromatic nitrogens is 2. The van der Waals surface area contributed by atoms with E-state index in [0.717, 1.165) is 45.2 Å². The summed E-state index contributed by atoms with van der Waals surface area (Å²) >= 11 is 6.17. The molecule has 4 heteroatoms. The molecule has 1 heterocycles. The first-order chi connectivity index (χ1) is 10.6. The molecule has 0 aliphatic carbocycles. The van der Waals surface area contributed by atoms with Crippen molar-refractivity contribution in [2.24, 2.45) is 0 Å². The van der Waals surface area contributed by atoms with Gasteiger partial charge in [0.25, 0.3) is 0 Å². The topological polar surface area (TPSA) is 37.9 Å². The number of nitrogens with zero attached hydrogens (tertiary/aromatic N) is 1. The fourth-order valence-corrected chi connectivity index (χ4v) is 2.65. The Kier molecular flexibility index (Phi) is 4.08. The van der Waals surface area contributed by atoms with E-state index in [4.69, 9.17) is 16.3 Å². The second-order valence-electron chi connectivity index (χ2n) is 5.55. The maximum atomic E-state index is 6.17. The van der Waals surface area contributed by atoms with E-state index in [-0.39, 0.29) is 0 Å². The predicted molar refractivity (Wildman–Crippen MR) is 90.7 cm³/mol. The molecule has 0 bridgehead atoms. The minimum absolute atomic E-state index is 0.413. The van der Waals surface area contributed by atoms with E-state index >= 15 is 0 Å². The molecule has 0 amide bonds. The summed E-state index contributed by atoms with van der Waals surface area (Å²) in [5, 5.41) is 0.795. The van der Waals surface area contributed by atoms with E-state index in [1.54, 1.807) is 0 Å². The molecule has 3 rings (SSSR count). The summed E-state index contributed by atoms with van der Waals surface area (Å²) in [6.07, 6.45) is 1.02. The third kappa shape index (κ3) is 2.95. The lowest BCUT2D eigenvalue weighted by molar-refractivity contribution is 0.297. The summed E-state index contributed by atoms with van der Waals surface area (Å²) < 4.78 is 5.84. The van der Waals surface area contributed by atoms with Crippen molar-refractivity contribution in [1.29, 1.82) is 0 Å². The van der Waals surface area contributed by atoms with Crippen molar-refractivity contribution in [2.45, 2.75) is 33.8 Å². The van der Waals surface area contributed by atoms with Crippen molar-refractivity contribution in [1.82, 2.24) is 9.97 Å². The van der Waals surface area contributed by atoms with E-state index in [9.17, 15) is 0 Å². The van der Waals surface area contributed by atoms with Gasteiger partial charge < -0.3 is 9.72 Å². The van der Waals surface area contributed by atoms with Crippen LogP contribution in [0.25, 0.3) is 11.0 Å². The third-order valence-electron chi connectivity index (χ3n) is 3.79. The lowest BCUT2D eigenvalue weighted by Crippen LogP contribution is -1.98. The highest BCUT2D eigenvalue weighted by Gasteiger charge is 2.07. The van der Waals surface area contributed by atoms with Gasteiger partial charge in [-0.25, -0.2) is 4.98 Å². The fraction of sp³-hybridized carbons (Fsp3) is 0.278. The largest absolute Gasteiger partial charge is 0.486 e. The van der Waals surface area contributed by atoms with Crippen LogP contribution in [0.15, 0.2) is 30.3 Å². The number of aryl methyl sites for hydroxylation is 3. The van der Waals surface area contributed by atoms with E-state index < -0.39 is 0 Å². The van der Waals surface area contributed by atoms with Gasteiger partial charge in [-0.2, -0.15) is 0 Å². The number of imidazole rings is 1. The molecular formula is C18H19ClN2O. The first kappa shape index (κ1) is 14.9. The first-order valence-electron chi connectivity index (χ1n) is 7.44. The minimum Gasteiger partial charge on any atom is -0.486 e. The zero-order valence-electron chi connectivity index (χ0n) is 13.0. The van der Waals surface area contributed by atoms with Crippen LogP contribution in [-0.2, 0) is 13.0 Å². The van der Waals surface area contributed by atoms with Gasteiger partial charge in [0.15, 0.2) is 0 Å². The summed E-state index contributed by atoms with van der Waals surface area (Å²) in [6, 6.07) is 10.2. The van der Waals surface area contributed by atoms with E-state index in [1.807, 2.05) is 32.0 Å². The maximum absolute atomic E-state index is 6.17. The smallest absolute Gasteiger partial charge is 0.146 e. The molecule has 0 spiro atoms. The SMILES string of the molecule is CCc1ccc2nc(COc3cc(C)c(Cl)c(C)c3)[nH]c2c1. The molecule has 3 nitrogen and oxygen atoms in total. The van der Waals surface area contributed by atoms with Gasteiger partial charge in [0.1, 0.15) is 18.2 Å². The highest BCUT2D eigenvalue weighted by molar-refractivity contribution is 6.32. The highest BCUT2D eigenvalue weighted by Crippen LogP contribution is 2.26. The van der Waals surface area contributed by atoms with Gasteiger partial charge in [-0.05, 0) is 61.2 Å². The van der Waals surface area contributed by atoms with Gasteiger partial charge in [-0.3, -0.25) is 0 Å². The Morgan fingerprint density at radius 3 is 2.55 bits per heavy atom. The summed E-state index contributed by atoms with van der Waals surface area (Å²) in [4.78, 5) is 7.88. The van der Waals surface area contributed by atoms with Gasteiger partial charge in [0, 0.05) is 5.02 Å². The molecule has 114 valence electrons. The molecule has 1 N–H and O–H groups in total. The number of rotatable bonds is 4. The van der Waals surface area contributed by atoms with E-state index in [2.05, 4.69) is 29.0 Å². The number of fused-ring (bicyclic) bond motifs is 1. The average molecular weight is 315 g/mol. The molecule has 0 saturated carbocycles. The Bertz CT molecular complexity index is 800. The lowest BCUT2D eigenvalue weighted by Gasteiger charge is -2.08. The lowest BCUT2D eigenvalue weighted by atomic mass is 10.1. The predicted octanol–water partition coefficient (Wildman–Crippen LogP) is 4.97. The van der Waals surface area contributed by atoms with Crippen LogP contribution < -0.4 is 4.74 Å². The number of H-pyrrole nitrogens is 1.